The zero-order valence-electron chi connectivity index (χ0n) is 15.4. The van der Waals surface area contributed by atoms with Gasteiger partial charge in [-0.05, 0) is 42.7 Å². The lowest BCUT2D eigenvalue weighted by atomic mass is 10.1. The largest absolute Gasteiger partial charge is 0.454 e. The number of carbonyl (C=O) groups excluding carboxylic acids is 3. The van der Waals surface area contributed by atoms with Crippen LogP contribution in [0.15, 0.2) is 48.5 Å². The molecule has 0 fully saturated rings. The van der Waals surface area contributed by atoms with Crippen molar-refractivity contribution in [2.24, 2.45) is 0 Å². The number of carbonyl (C=O) groups is 3. The molecule has 7 heteroatoms. The Kier molecular flexibility index (Phi) is 7.37. The molecule has 3 N–H and O–H groups in total. The first-order valence-corrected chi connectivity index (χ1v) is 8.52. The van der Waals surface area contributed by atoms with E-state index in [-0.39, 0.29) is 6.54 Å². The monoisotopic (exact) mass is 369 g/mol. The van der Waals surface area contributed by atoms with E-state index >= 15 is 0 Å². The van der Waals surface area contributed by atoms with Crippen molar-refractivity contribution in [1.29, 1.82) is 0 Å². The summed E-state index contributed by atoms with van der Waals surface area (Å²) in [5.74, 6) is -1.14. The Morgan fingerprint density at radius 3 is 2.26 bits per heavy atom. The van der Waals surface area contributed by atoms with Crippen LogP contribution in [0.5, 0.6) is 0 Å². The van der Waals surface area contributed by atoms with Gasteiger partial charge >= 0.3 is 12.0 Å². The molecular formula is C20H23N3O4. The standard InChI is InChI=1S/C20H23N3O4/c1-14-8-15(2)10-17(9-14)23-18(24)13-27-19(25)12-22-20(26)21-11-16-6-4-3-5-7-16/h3-10H,11-13H2,1-2H3,(H,23,24)(H2,21,22,26). The number of rotatable bonds is 7. The van der Waals surface area contributed by atoms with Crippen molar-refractivity contribution in [3.8, 4) is 0 Å². The molecule has 2 aromatic rings. The van der Waals surface area contributed by atoms with Crippen molar-refractivity contribution in [2.45, 2.75) is 20.4 Å². The molecule has 2 rings (SSSR count). The molecule has 0 atom stereocenters. The van der Waals surface area contributed by atoms with E-state index in [1.807, 2.05) is 62.4 Å². The van der Waals surface area contributed by atoms with Crippen molar-refractivity contribution in [3.63, 3.8) is 0 Å². The van der Waals surface area contributed by atoms with Crippen LogP contribution in [-0.2, 0) is 20.9 Å². The van der Waals surface area contributed by atoms with Crippen molar-refractivity contribution >= 4 is 23.6 Å². The molecule has 142 valence electrons. The van der Waals surface area contributed by atoms with E-state index in [2.05, 4.69) is 16.0 Å². The number of ether oxygens (including phenoxy) is 1. The highest BCUT2D eigenvalue weighted by molar-refractivity contribution is 5.93. The Balaban J connectivity index is 1.65. The Morgan fingerprint density at radius 1 is 0.926 bits per heavy atom. The fourth-order valence-corrected chi connectivity index (χ4v) is 2.43. The topological polar surface area (TPSA) is 96.5 Å². The quantitative estimate of drug-likeness (QED) is 0.653. The summed E-state index contributed by atoms with van der Waals surface area (Å²) >= 11 is 0. The lowest BCUT2D eigenvalue weighted by Crippen LogP contribution is -2.39. The number of benzene rings is 2. The summed E-state index contributed by atoms with van der Waals surface area (Å²) < 4.78 is 4.86. The molecule has 0 aliphatic rings. The lowest BCUT2D eigenvalue weighted by Gasteiger charge is -2.09. The molecule has 27 heavy (non-hydrogen) atoms. The normalized spacial score (nSPS) is 10.0. The third-order valence-electron chi connectivity index (χ3n) is 3.56. The van der Waals surface area contributed by atoms with Gasteiger partial charge in [0.25, 0.3) is 5.91 Å². The molecule has 0 aliphatic heterocycles. The second-order valence-corrected chi connectivity index (χ2v) is 6.11. The van der Waals surface area contributed by atoms with Crippen LogP contribution in [-0.4, -0.2) is 31.1 Å². The maximum atomic E-state index is 11.8. The van der Waals surface area contributed by atoms with Crippen LogP contribution >= 0.6 is 0 Å². The van der Waals surface area contributed by atoms with Gasteiger partial charge in [0.2, 0.25) is 0 Å². The van der Waals surface area contributed by atoms with Crippen LogP contribution in [0.2, 0.25) is 0 Å². The molecule has 0 saturated carbocycles. The highest BCUT2D eigenvalue weighted by Crippen LogP contribution is 2.13. The Morgan fingerprint density at radius 2 is 1.59 bits per heavy atom. The molecule has 0 aliphatic carbocycles. The van der Waals surface area contributed by atoms with Gasteiger partial charge in [-0.3, -0.25) is 9.59 Å². The molecule has 0 aromatic heterocycles. The van der Waals surface area contributed by atoms with E-state index in [1.165, 1.54) is 0 Å². The average Bonchev–Trinajstić information content (AvgIpc) is 2.63. The molecule has 0 spiro atoms. The van der Waals surface area contributed by atoms with Crippen molar-refractivity contribution in [2.75, 3.05) is 18.5 Å². The number of anilines is 1. The summed E-state index contributed by atoms with van der Waals surface area (Å²) in [6, 6.07) is 14.5. The van der Waals surface area contributed by atoms with Crippen molar-refractivity contribution in [1.82, 2.24) is 10.6 Å². The molecule has 0 radical (unpaired) electrons. The van der Waals surface area contributed by atoms with Crippen LogP contribution in [0.1, 0.15) is 16.7 Å². The van der Waals surface area contributed by atoms with E-state index in [1.54, 1.807) is 0 Å². The lowest BCUT2D eigenvalue weighted by molar-refractivity contribution is -0.146. The van der Waals surface area contributed by atoms with Gasteiger partial charge in [-0.25, -0.2) is 4.79 Å². The van der Waals surface area contributed by atoms with Gasteiger partial charge in [-0.1, -0.05) is 36.4 Å². The number of hydrogen-bond acceptors (Lipinski definition) is 4. The number of aryl methyl sites for hydroxylation is 2. The minimum atomic E-state index is -0.694. The first kappa shape index (κ1) is 20.0. The van der Waals surface area contributed by atoms with E-state index in [9.17, 15) is 14.4 Å². The SMILES string of the molecule is Cc1cc(C)cc(NC(=O)COC(=O)CNC(=O)NCc2ccccc2)c1. The number of urea groups is 1. The van der Waals surface area contributed by atoms with E-state index < -0.39 is 24.5 Å². The Hall–Kier alpha value is -3.35. The maximum Gasteiger partial charge on any atom is 0.325 e. The summed E-state index contributed by atoms with van der Waals surface area (Å²) in [5.41, 5.74) is 3.63. The zero-order chi connectivity index (χ0) is 19.6. The third-order valence-corrected chi connectivity index (χ3v) is 3.56. The predicted octanol–water partition coefficient (Wildman–Crippen LogP) is 2.28. The molecule has 3 amide bonds. The fourth-order valence-electron chi connectivity index (χ4n) is 2.43. The maximum absolute atomic E-state index is 11.8. The third kappa shape index (κ3) is 7.60. The second kappa shape index (κ2) is 9.96. The summed E-state index contributed by atoms with van der Waals surface area (Å²) in [7, 11) is 0. The van der Waals surface area contributed by atoms with Crippen LogP contribution < -0.4 is 16.0 Å². The van der Waals surface area contributed by atoms with Gasteiger partial charge in [0, 0.05) is 12.2 Å². The Labute approximate surface area is 158 Å². The molecule has 0 unspecified atom stereocenters. The van der Waals surface area contributed by atoms with Crippen molar-refractivity contribution < 1.29 is 19.1 Å². The fraction of sp³-hybridized carbons (Fsp3) is 0.250. The Bertz CT molecular complexity index is 786. The first-order chi connectivity index (χ1) is 12.9. The van der Waals surface area contributed by atoms with Crippen LogP contribution in [0.4, 0.5) is 10.5 Å². The number of hydrogen-bond donors (Lipinski definition) is 3. The summed E-state index contributed by atoms with van der Waals surface area (Å²) in [6.45, 7) is 3.46. The van der Waals surface area contributed by atoms with Crippen LogP contribution in [0, 0.1) is 13.8 Å². The van der Waals surface area contributed by atoms with Gasteiger partial charge in [-0.2, -0.15) is 0 Å². The highest BCUT2D eigenvalue weighted by Gasteiger charge is 2.10. The summed E-state index contributed by atoms with van der Waals surface area (Å²) in [4.78, 5) is 35.1. The van der Waals surface area contributed by atoms with E-state index in [0.717, 1.165) is 16.7 Å². The number of amides is 3. The highest BCUT2D eigenvalue weighted by atomic mass is 16.5. The summed E-state index contributed by atoms with van der Waals surface area (Å²) in [6.07, 6.45) is 0. The van der Waals surface area contributed by atoms with Gasteiger partial charge < -0.3 is 20.7 Å². The van der Waals surface area contributed by atoms with Gasteiger partial charge in [-0.15, -0.1) is 0 Å². The van der Waals surface area contributed by atoms with Gasteiger partial charge in [0.15, 0.2) is 6.61 Å². The average molecular weight is 369 g/mol. The molecule has 0 heterocycles. The number of nitrogens with one attached hydrogen (secondary N) is 3. The summed E-state index contributed by atoms with van der Waals surface area (Å²) in [5, 5.41) is 7.68. The smallest absolute Gasteiger partial charge is 0.325 e. The minimum absolute atomic E-state index is 0.322. The molecule has 0 saturated heterocycles. The van der Waals surface area contributed by atoms with E-state index in [0.29, 0.717) is 12.2 Å². The van der Waals surface area contributed by atoms with E-state index in [4.69, 9.17) is 4.74 Å². The van der Waals surface area contributed by atoms with Crippen LogP contribution in [0.3, 0.4) is 0 Å². The molecular weight excluding hydrogens is 346 g/mol. The van der Waals surface area contributed by atoms with Gasteiger partial charge in [0.1, 0.15) is 6.54 Å². The van der Waals surface area contributed by atoms with Gasteiger partial charge in [0.05, 0.1) is 0 Å². The zero-order valence-corrected chi connectivity index (χ0v) is 15.4. The number of esters is 1. The molecule has 0 bridgehead atoms. The molecule has 2 aromatic carbocycles. The van der Waals surface area contributed by atoms with Crippen LogP contribution in [0.25, 0.3) is 0 Å². The molecule has 7 nitrogen and oxygen atoms in total. The first-order valence-electron chi connectivity index (χ1n) is 8.52. The second-order valence-electron chi connectivity index (χ2n) is 6.11. The van der Waals surface area contributed by atoms with Crippen molar-refractivity contribution in [3.05, 3.63) is 65.2 Å². The minimum Gasteiger partial charge on any atom is -0.454 e. The predicted molar refractivity (Wildman–Crippen MR) is 102 cm³/mol.